The molecule has 1 aliphatic rings. The number of ether oxygens (including phenoxy) is 1. The van der Waals surface area contributed by atoms with Crippen molar-refractivity contribution in [2.24, 2.45) is 0 Å². The van der Waals surface area contributed by atoms with Crippen molar-refractivity contribution in [1.82, 2.24) is 10.3 Å². The van der Waals surface area contributed by atoms with Crippen molar-refractivity contribution in [3.63, 3.8) is 0 Å². The quantitative estimate of drug-likeness (QED) is 0.878. The van der Waals surface area contributed by atoms with Crippen LogP contribution in [0.1, 0.15) is 26.5 Å². The molecule has 0 fully saturated rings. The zero-order valence-corrected chi connectivity index (χ0v) is 13.6. The molecule has 0 bridgehead atoms. The molecule has 23 heavy (non-hydrogen) atoms. The van der Waals surface area contributed by atoms with E-state index >= 15 is 0 Å². The van der Waals surface area contributed by atoms with Gasteiger partial charge in [-0.2, -0.15) is 13.2 Å². The summed E-state index contributed by atoms with van der Waals surface area (Å²) >= 11 is 1.22. The number of hydrogen-bond donors (Lipinski definition) is 1. The molecule has 0 radical (unpaired) electrons. The third kappa shape index (κ3) is 5.05. The Balaban J connectivity index is 2.07. The number of aromatic nitrogens is 1. The fraction of sp³-hybridized carbons (Fsp3) is 0.429. The van der Waals surface area contributed by atoms with Crippen LogP contribution in [0, 0.1) is 0 Å². The van der Waals surface area contributed by atoms with Gasteiger partial charge < -0.3 is 15.0 Å². The van der Waals surface area contributed by atoms with Gasteiger partial charge in [-0.15, -0.1) is 0 Å². The first-order chi connectivity index (χ1) is 10.5. The van der Waals surface area contributed by atoms with Crippen LogP contribution in [0.2, 0.25) is 0 Å². The predicted molar refractivity (Wildman–Crippen MR) is 81.6 cm³/mol. The van der Waals surface area contributed by atoms with Crippen molar-refractivity contribution in [3.8, 4) is 0 Å². The lowest BCUT2D eigenvalue weighted by atomic mass is 10.1. The van der Waals surface area contributed by atoms with E-state index in [1.807, 2.05) is 20.8 Å². The highest BCUT2D eigenvalue weighted by Crippen LogP contribution is 2.34. The van der Waals surface area contributed by atoms with E-state index in [4.69, 9.17) is 4.74 Å². The van der Waals surface area contributed by atoms with Crippen LogP contribution in [-0.4, -0.2) is 22.5 Å². The van der Waals surface area contributed by atoms with Crippen LogP contribution >= 0.6 is 11.8 Å². The summed E-state index contributed by atoms with van der Waals surface area (Å²) in [7, 11) is 0. The Morgan fingerprint density at radius 3 is 2.70 bits per heavy atom. The van der Waals surface area contributed by atoms with Crippen molar-refractivity contribution in [3.05, 3.63) is 35.3 Å². The lowest BCUT2D eigenvalue weighted by Gasteiger charge is -2.19. The second-order valence-corrected chi connectivity index (χ2v) is 6.80. The third-order valence-electron chi connectivity index (χ3n) is 2.64. The van der Waals surface area contributed by atoms with Crippen LogP contribution in [0.4, 0.5) is 23.7 Å². The Labute approximate surface area is 135 Å². The molecule has 0 aromatic carbocycles. The number of carbonyl (C=O) groups excluding carboxylic acids is 1. The smallest absolute Gasteiger partial charge is 0.402 e. The number of anilines is 1. The van der Waals surface area contributed by atoms with Crippen molar-refractivity contribution in [2.45, 2.75) is 32.5 Å². The molecule has 0 atom stereocenters. The van der Waals surface area contributed by atoms with Gasteiger partial charge in [0.2, 0.25) is 0 Å². The molecule has 126 valence electrons. The van der Waals surface area contributed by atoms with Crippen LogP contribution in [0.5, 0.6) is 0 Å². The molecule has 2 rings (SSSR count). The van der Waals surface area contributed by atoms with Crippen molar-refractivity contribution >= 4 is 23.5 Å². The molecule has 0 aliphatic carbocycles. The molecule has 5 nitrogen and oxygen atoms in total. The highest BCUT2D eigenvalue weighted by molar-refractivity contribution is 8.03. The molecule has 1 aromatic heterocycles. The molecule has 2 heterocycles. The molecule has 0 saturated heterocycles. The predicted octanol–water partition coefficient (Wildman–Crippen LogP) is 3.93. The Kier molecular flexibility index (Phi) is 4.79. The maximum atomic E-state index is 12.7. The Morgan fingerprint density at radius 1 is 1.39 bits per heavy atom. The summed E-state index contributed by atoms with van der Waals surface area (Å²) in [5, 5.41) is 2.95. The summed E-state index contributed by atoms with van der Waals surface area (Å²) in [4.78, 5) is 16.6. The van der Waals surface area contributed by atoms with E-state index in [-0.39, 0.29) is 0 Å². The minimum absolute atomic E-state index is 0.317. The van der Waals surface area contributed by atoms with Crippen molar-refractivity contribution in [2.75, 3.05) is 10.8 Å². The Morgan fingerprint density at radius 2 is 2.09 bits per heavy atom. The summed E-state index contributed by atoms with van der Waals surface area (Å²) < 4.78 is 43.2. The number of nitrogens with zero attached hydrogens (tertiary/aromatic N) is 2. The minimum Gasteiger partial charge on any atom is -0.402 e. The summed E-state index contributed by atoms with van der Waals surface area (Å²) in [6.07, 6.45) is -2.52. The monoisotopic (exact) mass is 347 g/mol. The Bertz CT molecular complexity index is 626. The maximum Gasteiger partial charge on any atom is 0.433 e. The number of alkyl carbamates (subject to hydrolysis) is 1. The summed E-state index contributed by atoms with van der Waals surface area (Å²) in [5.74, 6) is 0.347. The molecular weight excluding hydrogens is 331 g/mol. The normalized spacial score (nSPS) is 15.4. The summed E-state index contributed by atoms with van der Waals surface area (Å²) in [5.41, 5.74) is -1.07. The number of thioether (sulfide) groups is 1. The zero-order chi connectivity index (χ0) is 17.3. The molecule has 1 aromatic rings. The van der Waals surface area contributed by atoms with E-state index < -0.39 is 23.5 Å². The molecule has 0 saturated carbocycles. The van der Waals surface area contributed by atoms with Crippen LogP contribution in [0.25, 0.3) is 0 Å². The fourth-order valence-electron chi connectivity index (χ4n) is 1.72. The number of pyridine rings is 1. The lowest BCUT2D eigenvalue weighted by Crippen LogP contribution is -2.40. The SMILES string of the molecule is CC(C)(C)NC(=O)OC1=CN(c2ccnc(C(F)(F)F)c2)CS1. The van der Waals surface area contributed by atoms with Gasteiger partial charge in [0, 0.05) is 17.4 Å². The topological polar surface area (TPSA) is 54.5 Å². The van der Waals surface area contributed by atoms with E-state index in [0.29, 0.717) is 16.7 Å². The van der Waals surface area contributed by atoms with Crippen LogP contribution in [0.15, 0.2) is 29.6 Å². The molecule has 1 N–H and O–H groups in total. The van der Waals surface area contributed by atoms with Gasteiger partial charge in [0.05, 0.1) is 12.1 Å². The van der Waals surface area contributed by atoms with E-state index in [1.54, 1.807) is 4.90 Å². The maximum absolute atomic E-state index is 12.7. The highest BCUT2D eigenvalue weighted by Gasteiger charge is 2.33. The van der Waals surface area contributed by atoms with Gasteiger partial charge in [-0.05, 0) is 32.9 Å². The van der Waals surface area contributed by atoms with E-state index in [9.17, 15) is 18.0 Å². The molecule has 0 spiro atoms. The lowest BCUT2D eigenvalue weighted by molar-refractivity contribution is -0.141. The van der Waals surface area contributed by atoms with Crippen LogP contribution < -0.4 is 10.2 Å². The number of amides is 1. The minimum atomic E-state index is -4.50. The number of hydrogen-bond acceptors (Lipinski definition) is 5. The average molecular weight is 347 g/mol. The van der Waals surface area contributed by atoms with Gasteiger partial charge in [-0.1, -0.05) is 11.8 Å². The van der Waals surface area contributed by atoms with Gasteiger partial charge in [0.1, 0.15) is 5.69 Å². The standard InChI is InChI=1S/C14H16F3N3O2S/c1-13(2,3)19-12(21)22-11-7-20(8-23-11)9-4-5-18-10(6-9)14(15,16)17/h4-7H,8H2,1-3H3,(H,19,21). The van der Waals surface area contributed by atoms with Crippen molar-refractivity contribution in [1.29, 1.82) is 0 Å². The first kappa shape index (κ1) is 17.5. The average Bonchev–Trinajstić information content (AvgIpc) is 2.84. The first-order valence-electron chi connectivity index (χ1n) is 6.69. The third-order valence-corrected chi connectivity index (χ3v) is 3.52. The van der Waals surface area contributed by atoms with E-state index in [0.717, 1.165) is 12.3 Å². The zero-order valence-electron chi connectivity index (χ0n) is 12.8. The molecule has 9 heteroatoms. The van der Waals surface area contributed by atoms with Gasteiger partial charge in [-0.25, -0.2) is 4.79 Å². The highest BCUT2D eigenvalue weighted by atomic mass is 32.2. The van der Waals surface area contributed by atoms with Gasteiger partial charge in [0.25, 0.3) is 0 Å². The molecule has 1 aliphatic heterocycles. The van der Waals surface area contributed by atoms with Crippen LogP contribution in [-0.2, 0) is 10.9 Å². The number of nitrogens with one attached hydrogen (secondary N) is 1. The summed E-state index contributed by atoms with van der Waals surface area (Å²) in [6.45, 7) is 5.44. The van der Waals surface area contributed by atoms with Gasteiger partial charge >= 0.3 is 12.3 Å². The first-order valence-corrected chi connectivity index (χ1v) is 7.68. The molecule has 0 unspecified atom stereocenters. The fourth-order valence-corrected chi connectivity index (χ4v) is 2.54. The van der Waals surface area contributed by atoms with Gasteiger partial charge in [-0.3, -0.25) is 4.98 Å². The van der Waals surface area contributed by atoms with E-state index in [2.05, 4.69) is 10.3 Å². The molecule has 1 amide bonds. The molecular formula is C14H16F3N3O2S. The van der Waals surface area contributed by atoms with Gasteiger partial charge in [0.15, 0.2) is 5.09 Å². The van der Waals surface area contributed by atoms with Crippen molar-refractivity contribution < 1.29 is 22.7 Å². The number of alkyl halides is 3. The largest absolute Gasteiger partial charge is 0.433 e. The summed E-state index contributed by atoms with van der Waals surface area (Å²) in [6, 6.07) is 2.42. The van der Waals surface area contributed by atoms with E-state index in [1.165, 1.54) is 24.0 Å². The second-order valence-electron chi connectivity index (χ2n) is 5.85. The number of carbonyl (C=O) groups is 1. The second kappa shape index (κ2) is 6.31. The Hall–Kier alpha value is -1.90. The van der Waals surface area contributed by atoms with Crippen LogP contribution in [0.3, 0.4) is 0 Å². The number of rotatable bonds is 2. The number of halogens is 3.